The minimum Gasteiger partial charge on any atom is -0.456 e. The van der Waals surface area contributed by atoms with Crippen LogP contribution in [-0.2, 0) is 6.42 Å². The van der Waals surface area contributed by atoms with Crippen molar-refractivity contribution < 1.29 is 4.42 Å². The fraction of sp³-hybridized carbons (Fsp3) is 0.0408. The largest absolute Gasteiger partial charge is 0.456 e. The molecule has 1 aliphatic rings. The molecular weight excluding hydrogens is 661 g/mol. The van der Waals surface area contributed by atoms with Crippen molar-refractivity contribution in [2.45, 2.75) is 12.8 Å². The van der Waals surface area contributed by atoms with Gasteiger partial charge < -0.3 is 8.98 Å². The van der Waals surface area contributed by atoms with E-state index in [-0.39, 0.29) is 0 Å². The van der Waals surface area contributed by atoms with Crippen LogP contribution in [0.3, 0.4) is 0 Å². The second kappa shape index (κ2) is 12.2. The smallest absolute Gasteiger partial charge is 0.164 e. The third-order valence-electron chi connectivity index (χ3n) is 10.8. The fourth-order valence-corrected chi connectivity index (χ4v) is 8.21. The first-order chi connectivity index (χ1) is 26.7. The molecule has 3 aromatic heterocycles. The fourth-order valence-electron chi connectivity index (χ4n) is 8.21. The molecule has 5 nitrogen and oxygen atoms in total. The summed E-state index contributed by atoms with van der Waals surface area (Å²) in [6.45, 7) is 0. The molecule has 0 unspecified atom stereocenters. The number of hydrogen-bond acceptors (Lipinski definition) is 4. The van der Waals surface area contributed by atoms with E-state index in [1.54, 1.807) is 0 Å². The lowest BCUT2D eigenvalue weighted by atomic mass is 9.90. The summed E-state index contributed by atoms with van der Waals surface area (Å²) in [4.78, 5) is 15.1. The second-order valence-corrected chi connectivity index (χ2v) is 13.9. The molecule has 11 rings (SSSR count). The van der Waals surface area contributed by atoms with Gasteiger partial charge in [-0.25, -0.2) is 15.0 Å². The number of furan rings is 1. The molecule has 0 fully saturated rings. The zero-order valence-electron chi connectivity index (χ0n) is 29.3. The Bertz CT molecular complexity index is 3040. The Balaban J connectivity index is 1.06. The summed E-state index contributed by atoms with van der Waals surface area (Å²) in [7, 11) is 0. The first-order valence-electron chi connectivity index (χ1n) is 18.4. The van der Waals surface area contributed by atoms with E-state index in [0.29, 0.717) is 17.5 Å². The number of allylic oxidation sites excluding steroid dienone is 1. The van der Waals surface area contributed by atoms with Gasteiger partial charge in [-0.2, -0.15) is 0 Å². The highest BCUT2D eigenvalue weighted by Crippen LogP contribution is 2.42. The van der Waals surface area contributed by atoms with Gasteiger partial charge in [-0.15, -0.1) is 0 Å². The van der Waals surface area contributed by atoms with Crippen LogP contribution < -0.4 is 0 Å². The maximum Gasteiger partial charge on any atom is 0.164 e. The summed E-state index contributed by atoms with van der Waals surface area (Å²) >= 11 is 0. The Labute approximate surface area is 311 Å². The van der Waals surface area contributed by atoms with E-state index < -0.39 is 0 Å². The molecule has 0 radical (unpaired) electrons. The van der Waals surface area contributed by atoms with E-state index in [9.17, 15) is 0 Å². The van der Waals surface area contributed by atoms with Crippen LogP contribution in [0.1, 0.15) is 23.2 Å². The highest BCUT2D eigenvalue weighted by Gasteiger charge is 2.23. The van der Waals surface area contributed by atoms with Crippen molar-refractivity contribution in [2.75, 3.05) is 0 Å². The Kier molecular flexibility index (Phi) is 6.92. The van der Waals surface area contributed by atoms with Crippen molar-refractivity contribution in [1.29, 1.82) is 0 Å². The van der Waals surface area contributed by atoms with Crippen LogP contribution in [-0.4, -0.2) is 19.5 Å². The highest BCUT2D eigenvalue weighted by molar-refractivity contribution is 6.13. The summed E-state index contributed by atoms with van der Waals surface area (Å²) in [5.41, 5.74) is 12.0. The van der Waals surface area contributed by atoms with Gasteiger partial charge >= 0.3 is 0 Å². The molecule has 0 amide bonds. The molecule has 254 valence electrons. The minimum atomic E-state index is 0.615. The van der Waals surface area contributed by atoms with Gasteiger partial charge in [0.15, 0.2) is 17.5 Å². The minimum absolute atomic E-state index is 0.615. The van der Waals surface area contributed by atoms with Crippen LogP contribution in [0.2, 0.25) is 0 Å². The lowest BCUT2D eigenvalue weighted by molar-refractivity contribution is 0.669. The van der Waals surface area contributed by atoms with Crippen LogP contribution in [0.25, 0.3) is 95.1 Å². The number of hydrogen-bond donors (Lipinski definition) is 0. The van der Waals surface area contributed by atoms with Gasteiger partial charge in [-0.1, -0.05) is 127 Å². The predicted octanol–water partition coefficient (Wildman–Crippen LogP) is 12.4. The summed E-state index contributed by atoms with van der Waals surface area (Å²) in [5, 5.41) is 5.82. The molecule has 0 saturated carbocycles. The number of fused-ring (bicyclic) bond motifs is 7. The van der Waals surface area contributed by atoms with Gasteiger partial charge in [0, 0.05) is 49.8 Å². The molecule has 3 heterocycles. The van der Waals surface area contributed by atoms with Gasteiger partial charge in [-0.3, -0.25) is 0 Å². The molecule has 0 saturated heterocycles. The van der Waals surface area contributed by atoms with E-state index in [0.717, 1.165) is 51.5 Å². The molecular formula is C49H32N4O. The van der Waals surface area contributed by atoms with Crippen molar-refractivity contribution in [3.63, 3.8) is 0 Å². The third-order valence-corrected chi connectivity index (χ3v) is 10.8. The number of benzene rings is 7. The SMILES string of the molecule is C1=C(c2ccc3oc4cccc(-c5nc(-c6ccccc6)nc(-c6ccccc6)n5)c4c3c2)CCc2c1c1ccccc1n2-c1ccc2ccccc2c1. The number of rotatable bonds is 5. The van der Waals surface area contributed by atoms with Gasteiger partial charge in [-0.05, 0) is 77.2 Å². The second-order valence-electron chi connectivity index (χ2n) is 13.9. The van der Waals surface area contributed by atoms with E-state index >= 15 is 0 Å². The number of para-hydroxylation sites is 1. The van der Waals surface area contributed by atoms with Gasteiger partial charge in [0.2, 0.25) is 0 Å². The van der Waals surface area contributed by atoms with Crippen molar-refractivity contribution in [3.8, 4) is 39.9 Å². The lowest BCUT2D eigenvalue weighted by Crippen LogP contribution is -2.05. The van der Waals surface area contributed by atoms with Crippen LogP contribution in [0.4, 0.5) is 0 Å². The molecule has 0 spiro atoms. The maximum atomic E-state index is 6.49. The highest BCUT2D eigenvalue weighted by atomic mass is 16.3. The maximum absolute atomic E-state index is 6.49. The first-order valence-corrected chi connectivity index (χ1v) is 18.4. The molecule has 0 aliphatic heterocycles. The topological polar surface area (TPSA) is 56.7 Å². The first kappa shape index (κ1) is 30.5. The Morgan fingerprint density at radius 2 is 1.19 bits per heavy atom. The molecule has 7 aromatic carbocycles. The standard InChI is InChI=1S/C49H32N4O/c1-3-13-32(14-4-1)47-50-48(33-15-5-2-6-16-33)52-49(51-47)39-19-11-21-45-46(39)41-30-36(24-27-44(41)54-45)35-23-26-43-40(29-35)38-18-9-10-20-42(38)53(43)37-25-22-31-12-7-8-17-34(31)28-37/h1-22,24-25,27-30H,23,26H2. The van der Waals surface area contributed by atoms with Crippen molar-refractivity contribution in [2.24, 2.45) is 0 Å². The zero-order chi connectivity index (χ0) is 35.6. The molecule has 0 N–H and O–H groups in total. The van der Waals surface area contributed by atoms with Crippen LogP contribution in [0.5, 0.6) is 0 Å². The van der Waals surface area contributed by atoms with Crippen molar-refractivity contribution in [1.82, 2.24) is 19.5 Å². The summed E-state index contributed by atoms with van der Waals surface area (Å²) < 4.78 is 8.95. The van der Waals surface area contributed by atoms with E-state index in [2.05, 4.69) is 102 Å². The summed E-state index contributed by atoms with van der Waals surface area (Å²) in [6.07, 6.45) is 4.28. The van der Waals surface area contributed by atoms with Gasteiger partial charge in [0.1, 0.15) is 11.2 Å². The van der Waals surface area contributed by atoms with E-state index in [4.69, 9.17) is 19.4 Å². The van der Waals surface area contributed by atoms with Crippen molar-refractivity contribution in [3.05, 3.63) is 181 Å². The van der Waals surface area contributed by atoms with Crippen LogP contribution >= 0.6 is 0 Å². The van der Waals surface area contributed by atoms with Crippen molar-refractivity contribution >= 4 is 55.3 Å². The molecule has 54 heavy (non-hydrogen) atoms. The Morgan fingerprint density at radius 1 is 0.481 bits per heavy atom. The Morgan fingerprint density at radius 3 is 1.98 bits per heavy atom. The molecule has 5 heteroatoms. The van der Waals surface area contributed by atoms with Gasteiger partial charge in [0.05, 0.1) is 5.52 Å². The monoisotopic (exact) mass is 692 g/mol. The summed E-state index contributed by atoms with van der Waals surface area (Å²) in [6, 6.07) is 57.1. The van der Waals surface area contributed by atoms with Crippen LogP contribution in [0.15, 0.2) is 168 Å². The zero-order valence-corrected chi connectivity index (χ0v) is 29.3. The molecule has 1 aliphatic carbocycles. The van der Waals surface area contributed by atoms with E-state index in [1.807, 2.05) is 72.8 Å². The average molecular weight is 693 g/mol. The third kappa shape index (κ3) is 4.97. The molecule has 0 bridgehead atoms. The summed E-state index contributed by atoms with van der Waals surface area (Å²) in [5.74, 6) is 1.89. The number of aromatic nitrogens is 4. The molecule has 0 atom stereocenters. The van der Waals surface area contributed by atoms with Gasteiger partial charge in [0.25, 0.3) is 0 Å². The van der Waals surface area contributed by atoms with Crippen LogP contribution in [0, 0.1) is 0 Å². The van der Waals surface area contributed by atoms with E-state index in [1.165, 1.54) is 49.8 Å². The number of nitrogens with zero attached hydrogens (tertiary/aromatic N) is 4. The molecule has 10 aromatic rings. The quantitative estimate of drug-likeness (QED) is 0.180. The average Bonchev–Trinajstić information content (AvgIpc) is 3.79. The Hall–Kier alpha value is -7.11. The lowest BCUT2D eigenvalue weighted by Gasteiger charge is -2.18. The normalized spacial score (nSPS) is 12.8. The predicted molar refractivity (Wildman–Crippen MR) is 220 cm³/mol.